The van der Waals surface area contributed by atoms with Crippen LogP contribution in [0.5, 0.6) is 0 Å². The summed E-state index contributed by atoms with van der Waals surface area (Å²) >= 11 is 3.28. The van der Waals surface area contributed by atoms with E-state index >= 15 is 0 Å². The Balaban J connectivity index is 2.29. The zero-order chi connectivity index (χ0) is 13.0. The first kappa shape index (κ1) is 11.9. The van der Waals surface area contributed by atoms with Crippen molar-refractivity contribution in [3.63, 3.8) is 0 Å². The topological polar surface area (TPSA) is 25.8 Å². The van der Waals surface area contributed by atoms with E-state index in [1.54, 1.807) is 6.07 Å². The standard InChI is InChI=1S/C12H8BrF3N2/c13-8-2-6-17-9-7(1-5-18-10(8)9)11(3-4-11)12(14,15)16/h1-2,5-6H,3-4H2. The molecule has 2 aromatic heterocycles. The summed E-state index contributed by atoms with van der Waals surface area (Å²) in [6, 6.07) is 3.11. The third-order valence-corrected chi connectivity index (χ3v) is 4.02. The molecule has 18 heavy (non-hydrogen) atoms. The van der Waals surface area contributed by atoms with E-state index in [1.165, 1.54) is 18.5 Å². The highest BCUT2D eigenvalue weighted by Gasteiger charge is 2.64. The molecule has 6 heteroatoms. The highest BCUT2D eigenvalue weighted by atomic mass is 79.9. The van der Waals surface area contributed by atoms with Gasteiger partial charge < -0.3 is 0 Å². The lowest BCUT2D eigenvalue weighted by Gasteiger charge is -2.20. The fourth-order valence-corrected chi connectivity index (χ4v) is 2.64. The van der Waals surface area contributed by atoms with Crippen molar-refractivity contribution in [2.24, 2.45) is 0 Å². The molecular weight excluding hydrogens is 309 g/mol. The molecule has 94 valence electrons. The molecule has 0 atom stereocenters. The summed E-state index contributed by atoms with van der Waals surface area (Å²) in [5, 5.41) is 0. The van der Waals surface area contributed by atoms with Gasteiger partial charge in [0.05, 0.1) is 10.9 Å². The van der Waals surface area contributed by atoms with Crippen molar-refractivity contribution in [2.45, 2.75) is 24.4 Å². The lowest BCUT2D eigenvalue weighted by atomic mass is 9.94. The molecule has 1 aliphatic rings. The number of aromatic nitrogens is 2. The predicted octanol–water partition coefficient (Wildman–Crippen LogP) is 3.99. The molecule has 0 unspecified atom stereocenters. The molecule has 3 rings (SSSR count). The molecule has 0 radical (unpaired) electrons. The Kier molecular flexibility index (Phi) is 2.42. The molecule has 0 amide bonds. The summed E-state index contributed by atoms with van der Waals surface area (Å²) < 4.78 is 40.1. The average Bonchev–Trinajstić information content (AvgIpc) is 3.09. The first-order valence-electron chi connectivity index (χ1n) is 5.42. The molecule has 2 nitrogen and oxygen atoms in total. The Labute approximate surface area is 109 Å². The average molecular weight is 317 g/mol. The molecule has 0 bridgehead atoms. The van der Waals surface area contributed by atoms with Gasteiger partial charge in [-0.05, 0) is 46.5 Å². The summed E-state index contributed by atoms with van der Waals surface area (Å²) in [5.74, 6) is 0. The van der Waals surface area contributed by atoms with Gasteiger partial charge >= 0.3 is 6.18 Å². The van der Waals surface area contributed by atoms with Crippen LogP contribution >= 0.6 is 15.9 Å². The number of alkyl halides is 3. The molecule has 0 N–H and O–H groups in total. The first-order chi connectivity index (χ1) is 8.46. The van der Waals surface area contributed by atoms with E-state index in [9.17, 15) is 13.2 Å². The van der Waals surface area contributed by atoms with E-state index < -0.39 is 11.6 Å². The highest BCUT2D eigenvalue weighted by molar-refractivity contribution is 9.10. The maximum Gasteiger partial charge on any atom is 0.398 e. The maximum absolute atomic E-state index is 13.2. The molecule has 2 aromatic rings. The van der Waals surface area contributed by atoms with Crippen molar-refractivity contribution in [2.75, 3.05) is 0 Å². The van der Waals surface area contributed by atoms with Crippen LogP contribution in [0.25, 0.3) is 11.0 Å². The second kappa shape index (κ2) is 3.66. The van der Waals surface area contributed by atoms with Crippen LogP contribution in [0.2, 0.25) is 0 Å². The summed E-state index contributed by atoms with van der Waals surface area (Å²) in [6.07, 6.45) is -1.07. The van der Waals surface area contributed by atoms with Gasteiger partial charge in [0.15, 0.2) is 0 Å². The van der Waals surface area contributed by atoms with E-state index in [0.717, 1.165) is 0 Å². The minimum absolute atomic E-state index is 0.129. The van der Waals surface area contributed by atoms with Gasteiger partial charge in [-0.25, -0.2) is 0 Å². The summed E-state index contributed by atoms with van der Waals surface area (Å²) in [7, 11) is 0. The third-order valence-electron chi connectivity index (χ3n) is 3.38. The normalized spacial score (nSPS) is 18.0. The highest BCUT2D eigenvalue weighted by Crippen LogP contribution is 2.59. The van der Waals surface area contributed by atoms with Crippen LogP contribution in [0.3, 0.4) is 0 Å². The summed E-state index contributed by atoms with van der Waals surface area (Å²) in [4.78, 5) is 8.16. The number of hydrogen-bond donors (Lipinski definition) is 0. The fourth-order valence-electron chi connectivity index (χ4n) is 2.23. The molecular formula is C12H8BrF3N2. The Morgan fingerprint density at radius 2 is 1.67 bits per heavy atom. The van der Waals surface area contributed by atoms with E-state index in [4.69, 9.17) is 0 Å². The van der Waals surface area contributed by atoms with Gasteiger partial charge in [-0.2, -0.15) is 13.2 Å². The van der Waals surface area contributed by atoms with Crippen molar-refractivity contribution in [1.82, 2.24) is 9.97 Å². The summed E-state index contributed by atoms with van der Waals surface area (Å²) in [5.41, 5.74) is -0.671. The van der Waals surface area contributed by atoms with Crippen molar-refractivity contribution >= 4 is 27.0 Å². The second-order valence-corrected chi connectivity index (χ2v) is 5.28. The number of nitrogens with zero attached hydrogens (tertiary/aromatic N) is 2. The molecule has 0 spiro atoms. The van der Waals surface area contributed by atoms with Gasteiger partial charge in [-0.3, -0.25) is 9.97 Å². The lowest BCUT2D eigenvalue weighted by molar-refractivity contribution is -0.160. The number of hydrogen-bond acceptors (Lipinski definition) is 2. The minimum atomic E-state index is -4.23. The van der Waals surface area contributed by atoms with Gasteiger partial charge in [-0.1, -0.05) is 0 Å². The minimum Gasteiger partial charge on any atom is -0.254 e. The van der Waals surface area contributed by atoms with E-state index in [-0.39, 0.29) is 18.4 Å². The van der Waals surface area contributed by atoms with Crippen molar-refractivity contribution in [3.8, 4) is 0 Å². The van der Waals surface area contributed by atoms with Crippen LogP contribution in [0.1, 0.15) is 18.4 Å². The number of rotatable bonds is 1. The van der Waals surface area contributed by atoms with Crippen molar-refractivity contribution in [3.05, 3.63) is 34.6 Å². The Morgan fingerprint density at radius 3 is 2.28 bits per heavy atom. The second-order valence-electron chi connectivity index (χ2n) is 4.43. The monoisotopic (exact) mass is 316 g/mol. The number of pyridine rings is 2. The van der Waals surface area contributed by atoms with Crippen LogP contribution in [0.4, 0.5) is 13.2 Å². The fraction of sp³-hybridized carbons (Fsp3) is 0.333. The van der Waals surface area contributed by atoms with Crippen LogP contribution in [-0.2, 0) is 5.41 Å². The SMILES string of the molecule is FC(F)(F)C1(c2ccnc3c(Br)ccnc23)CC1. The summed E-state index contributed by atoms with van der Waals surface area (Å²) in [6.45, 7) is 0. The third kappa shape index (κ3) is 1.55. The molecule has 1 fully saturated rings. The number of fused-ring (bicyclic) bond motifs is 1. The number of halogens is 4. The quantitative estimate of drug-likeness (QED) is 0.795. The van der Waals surface area contributed by atoms with Gasteiger partial charge in [0.25, 0.3) is 0 Å². The molecule has 0 saturated heterocycles. The zero-order valence-corrected chi connectivity index (χ0v) is 10.7. The van der Waals surface area contributed by atoms with Crippen molar-refractivity contribution in [1.29, 1.82) is 0 Å². The van der Waals surface area contributed by atoms with Gasteiger partial charge in [0.1, 0.15) is 5.52 Å². The van der Waals surface area contributed by atoms with Crippen LogP contribution in [0.15, 0.2) is 29.0 Å². The molecule has 0 aliphatic heterocycles. The predicted molar refractivity (Wildman–Crippen MR) is 64.2 cm³/mol. The van der Waals surface area contributed by atoms with E-state index in [0.29, 0.717) is 15.5 Å². The lowest BCUT2D eigenvalue weighted by Crippen LogP contribution is -2.29. The van der Waals surface area contributed by atoms with Crippen LogP contribution in [-0.4, -0.2) is 16.1 Å². The molecule has 1 aliphatic carbocycles. The molecule has 1 saturated carbocycles. The maximum atomic E-state index is 13.2. The largest absolute Gasteiger partial charge is 0.398 e. The Bertz CT molecular complexity index is 620. The van der Waals surface area contributed by atoms with Crippen molar-refractivity contribution < 1.29 is 13.2 Å². The van der Waals surface area contributed by atoms with Gasteiger partial charge in [0, 0.05) is 16.9 Å². The van der Waals surface area contributed by atoms with Gasteiger partial charge in [-0.15, -0.1) is 0 Å². The van der Waals surface area contributed by atoms with Crippen LogP contribution in [0, 0.1) is 0 Å². The Morgan fingerprint density at radius 1 is 1.06 bits per heavy atom. The first-order valence-corrected chi connectivity index (χ1v) is 6.21. The Hall–Kier alpha value is -1.17. The molecule has 0 aromatic carbocycles. The molecule has 2 heterocycles. The smallest absolute Gasteiger partial charge is 0.254 e. The van der Waals surface area contributed by atoms with E-state index in [1.807, 2.05) is 0 Å². The van der Waals surface area contributed by atoms with Crippen LogP contribution < -0.4 is 0 Å². The van der Waals surface area contributed by atoms with E-state index in [2.05, 4.69) is 25.9 Å². The van der Waals surface area contributed by atoms with Gasteiger partial charge in [0.2, 0.25) is 0 Å². The zero-order valence-electron chi connectivity index (χ0n) is 9.13.